The van der Waals surface area contributed by atoms with E-state index in [9.17, 15) is 0 Å². The van der Waals surface area contributed by atoms with Crippen LogP contribution < -0.4 is 15.8 Å². The van der Waals surface area contributed by atoms with Crippen LogP contribution >= 0.6 is 11.6 Å². The highest BCUT2D eigenvalue weighted by Gasteiger charge is 2.17. The van der Waals surface area contributed by atoms with Crippen molar-refractivity contribution in [2.75, 3.05) is 6.54 Å². The Balaban J connectivity index is 2.09. The van der Waals surface area contributed by atoms with E-state index < -0.39 is 0 Å². The Morgan fingerprint density at radius 3 is 2.62 bits per heavy atom. The van der Waals surface area contributed by atoms with Crippen molar-refractivity contribution in [3.05, 3.63) is 34.2 Å². The van der Waals surface area contributed by atoms with Gasteiger partial charge in [0.15, 0.2) is 0 Å². The van der Waals surface area contributed by atoms with Gasteiger partial charge in [-0.1, -0.05) is 49.7 Å². The van der Waals surface area contributed by atoms with Crippen LogP contribution in [-0.4, -0.2) is 12.6 Å². The molecule has 116 valence electrons. The zero-order chi connectivity index (χ0) is 15.2. The number of hydrogen-bond acceptors (Lipinski definition) is 1. The number of hydrogen-bond donors (Lipinski definition) is 1. The quantitative estimate of drug-likeness (QED) is 0.897. The monoisotopic (exact) mass is 305 g/mol. The van der Waals surface area contributed by atoms with Gasteiger partial charge in [0.2, 0.25) is 0 Å². The van der Waals surface area contributed by atoms with Gasteiger partial charge in [-0.15, -0.1) is 0 Å². The Kier molecular flexibility index (Phi) is 6.32. The van der Waals surface area contributed by atoms with Crippen LogP contribution in [0.3, 0.4) is 0 Å². The SMILES string of the molecule is C/C=c1/cc(CC)cc/c1=C(\Cl)CNC1CCC(C)CC1. The molecule has 0 heterocycles. The summed E-state index contributed by atoms with van der Waals surface area (Å²) in [4.78, 5) is 0. The molecule has 1 aliphatic carbocycles. The van der Waals surface area contributed by atoms with E-state index in [0.717, 1.165) is 23.9 Å². The maximum absolute atomic E-state index is 6.57. The van der Waals surface area contributed by atoms with Gasteiger partial charge in [-0.25, -0.2) is 0 Å². The van der Waals surface area contributed by atoms with Crippen molar-refractivity contribution < 1.29 is 0 Å². The fraction of sp³-hybridized carbons (Fsp3) is 0.579. The zero-order valence-corrected chi connectivity index (χ0v) is 14.3. The molecule has 21 heavy (non-hydrogen) atoms. The highest BCUT2D eigenvalue weighted by Crippen LogP contribution is 2.23. The predicted molar refractivity (Wildman–Crippen MR) is 93.9 cm³/mol. The highest BCUT2D eigenvalue weighted by atomic mass is 35.5. The van der Waals surface area contributed by atoms with Crippen molar-refractivity contribution in [1.82, 2.24) is 5.32 Å². The molecular formula is C19H28ClN. The van der Waals surface area contributed by atoms with Gasteiger partial charge in [0.05, 0.1) is 0 Å². The molecule has 0 spiro atoms. The average Bonchev–Trinajstić information content (AvgIpc) is 2.53. The summed E-state index contributed by atoms with van der Waals surface area (Å²) < 4.78 is 0. The van der Waals surface area contributed by atoms with Gasteiger partial charge in [0.1, 0.15) is 0 Å². The van der Waals surface area contributed by atoms with Crippen LogP contribution in [0.1, 0.15) is 52.0 Å². The van der Waals surface area contributed by atoms with Gasteiger partial charge in [-0.2, -0.15) is 0 Å². The molecule has 1 fully saturated rings. The molecule has 1 aromatic carbocycles. The van der Waals surface area contributed by atoms with E-state index in [2.05, 4.69) is 50.4 Å². The maximum Gasteiger partial charge on any atom is 0.0397 e. The van der Waals surface area contributed by atoms with Crippen molar-refractivity contribution in [2.24, 2.45) is 5.92 Å². The van der Waals surface area contributed by atoms with Gasteiger partial charge in [-0.3, -0.25) is 0 Å². The summed E-state index contributed by atoms with van der Waals surface area (Å²) in [5.74, 6) is 0.894. The topological polar surface area (TPSA) is 12.0 Å². The summed E-state index contributed by atoms with van der Waals surface area (Å²) in [5, 5.41) is 6.99. The largest absolute Gasteiger partial charge is 0.309 e. The van der Waals surface area contributed by atoms with Crippen LogP contribution in [0.4, 0.5) is 0 Å². The summed E-state index contributed by atoms with van der Waals surface area (Å²) in [6.07, 6.45) is 8.47. The van der Waals surface area contributed by atoms with Crippen molar-refractivity contribution in [2.45, 2.75) is 58.9 Å². The third-order valence-electron chi connectivity index (χ3n) is 4.69. The highest BCUT2D eigenvalue weighted by molar-refractivity contribution is 6.45. The molecule has 1 saturated carbocycles. The minimum atomic E-state index is 0.638. The summed E-state index contributed by atoms with van der Waals surface area (Å²) >= 11 is 6.57. The minimum absolute atomic E-state index is 0.638. The lowest BCUT2D eigenvalue weighted by Gasteiger charge is -2.26. The lowest BCUT2D eigenvalue weighted by atomic mass is 9.87. The summed E-state index contributed by atoms with van der Waals surface area (Å²) in [6, 6.07) is 7.24. The van der Waals surface area contributed by atoms with E-state index in [1.807, 2.05) is 0 Å². The number of halogens is 1. The van der Waals surface area contributed by atoms with Crippen LogP contribution in [0.15, 0.2) is 18.2 Å². The number of aryl methyl sites for hydroxylation is 1. The van der Waals surface area contributed by atoms with Crippen molar-refractivity contribution in [3.63, 3.8) is 0 Å². The van der Waals surface area contributed by atoms with Crippen LogP contribution in [-0.2, 0) is 6.42 Å². The van der Waals surface area contributed by atoms with Crippen molar-refractivity contribution >= 4 is 22.7 Å². The van der Waals surface area contributed by atoms with Crippen LogP contribution in [0.2, 0.25) is 0 Å². The predicted octanol–water partition coefficient (Wildman–Crippen LogP) is 3.56. The van der Waals surface area contributed by atoms with E-state index in [1.54, 1.807) is 0 Å². The first-order chi connectivity index (χ1) is 10.1. The van der Waals surface area contributed by atoms with Crippen LogP contribution in [0, 0.1) is 5.92 Å². The average molecular weight is 306 g/mol. The molecule has 2 rings (SSSR count). The fourth-order valence-corrected chi connectivity index (χ4v) is 3.36. The van der Waals surface area contributed by atoms with E-state index in [4.69, 9.17) is 11.6 Å². The Morgan fingerprint density at radius 1 is 1.29 bits per heavy atom. The van der Waals surface area contributed by atoms with Gasteiger partial charge >= 0.3 is 0 Å². The zero-order valence-electron chi connectivity index (χ0n) is 13.6. The third-order valence-corrected chi connectivity index (χ3v) is 5.03. The van der Waals surface area contributed by atoms with Crippen LogP contribution in [0.5, 0.6) is 0 Å². The molecule has 0 aliphatic heterocycles. The molecule has 1 aromatic rings. The standard InChI is InChI=1S/C19H28ClN/c1-4-15-8-11-18(16(5-2)12-15)19(20)13-21-17-9-6-14(3)7-10-17/h5,8,11-12,14,17,21H,4,6-7,9-10,13H2,1-3H3/b16-5-,19-18+. The maximum atomic E-state index is 6.57. The first kappa shape index (κ1) is 16.6. The molecule has 0 unspecified atom stereocenters. The Hall–Kier alpha value is -0.790. The molecule has 0 radical (unpaired) electrons. The third kappa shape index (κ3) is 4.59. The first-order valence-corrected chi connectivity index (χ1v) is 8.69. The molecule has 1 N–H and O–H groups in total. The fourth-order valence-electron chi connectivity index (χ4n) is 3.11. The van der Waals surface area contributed by atoms with E-state index >= 15 is 0 Å². The molecule has 0 aromatic heterocycles. The molecule has 0 amide bonds. The van der Waals surface area contributed by atoms with Crippen molar-refractivity contribution in [3.8, 4) is 0 Å². The molecule has 2 heteroatoms. The van der Waals surface area contributed by atoms with Gasteiger partial charge in [0, 0.05) is 17.6 Å². The molecule has 1 nitrogen and oxygen atoms in total. The summed E-state index contributed by atoms with van der Waals surface area (Å²) in [7, 11) is 0. The smallest absolute Gasteiger partial charge is 0.0397 e. The normalized spacial score (nSPS) is 25.0. The number of rotatable bonds is 4. The van der Waals surface area contributed by atoms with Crippen LogP contribution in [0.25, 0.3) is 11.1 Å². The Bertz CT molecular complexity index is 568. The van der Waals surface area contributed by atoms with Crippen molar-refractivity contribution in [1.29, 1.82) is 0 Å². The lowest BCUT2D eigenvalue weighted by Crippen LogP contribution is -2.36. The molecule has 1 aliphatic rings. The number of nitrogens with one attached hydrogen (secondary N) is 1. The van der Waals surface area contributed by atoms with E-state index in [1.165, 1.54) is 41.7 Å². The van der Waals surface area contributed by atoms with Gasteiger partial charge in [-0.05, 0) is 60.9 Å². The second-order valence-corrected chi connectivity index (χ2v) is 6.76. The summed E-state index contributed by atoms with van der Waals surface area (Å²) in [6.45, 7) is 7.41. The Labute approximate surface area is 134 Å². The van der Waals surface area contributed by atoms with E-state index in [-0.39, 0.29) is 0 Å². The lowest BCUT2D eigenvalue weighted by molar-refractivity contribution is 0.315. The second-order valence-electron chi connectivity index (χ2n) is 6.31. The van der Waals surface area contributed by atoms with Gasteiger partial charge in [0.25, 0.3) is 0 Å². The molecule has 0 atom stereocenters. The number of benzene rings is 1. The van der Waals surface area contributed by atoms with E-state index in [0.29, 0.717) is 6.04 Å². The summed E-state index contributed by atoms with van der Waals surface area (Å²) in [5.41, 5.74) is 1.37. The van der Waals surface area contributed by atoms with Gasteiger partial charge < -0.3 is 5.32 Å². The molecule has 0 bridgehead atoms. The molecule has 0 saturated heterocycles. The Morgan fingerprint density at radius 2 is 2.00 bits per heavy atom. The minimum Gasteiger partial charge on any atom is -0.309 e. The molecular weight excluding hydrogens is 278 g/mol. The first-order valence-electron chi connectivity index (χ1n) is 8.31. The second kappa shape index (κ2) is 8.00.